The largest absolute Gasteiger partial charge is 0.481 e. The summed E-state index contributed by atoms with van der Waals surface area (Å²) in [6.45, 7) is -0.154. The van der Waals surface area contributed by atoms with Crippen LogP contribution in [0.25, 0.3) is 0 Å². The van der Waals surface area contributed by atoms with Crippen LogP contribution in [0.4, 0.5) is 5.69 Å². The van der Waals surface area contributed by atoms with Gasteiger partial charge in [-0.1, -0.05) is 17.7 Å². The highest BCUT2D eigenvalue weighted by Gasteiger charge is 2.10. The Balaban J connectivity index is 1.99. The lowest BCUT2D eigenvalue weighted by Crippen LogP contribution is -2.20. The minimum absolute atomic E-state index is 0.154. The van der Waals surface area contributed by atoms with Gasteiger partial charge in [0.2, 0.25) is 0 Å². The summed E-state index contributed by atoms with van der Waals surface area (Å²) in [5.41, 5.74) is 0.858. The first-order valence-corrected chi connectivity index (χ1v) is 8.04. The van der Waals surface area contributed by atoms with Crippen molar-refractivity contribution < 1.29 is 9.53 Å². The summed E-state index contributed by atoms with van der Waals surface area (Å²) in [4.78, 5) is 11.9. The first-order valence-electron chi connectivity index (χ1n) is 6.07. The molecule has 0 aliphatic carbocycles. The number of nitriles is 1. The highest BCUT2D eigenvalue weighted by Crippen LogP contribution is 2.32. The lowest BCUT2D eigenvalue weighted by Gasteiger charge is -2.10. The van der Waals surface area contributed by atoms with Crippen LogP contribution in [0.5, 0.6) is 5.75 Å². The maximum absolute atomic E-state index is 11.9. The lowest BCUT2D eigenvalue weighted by atomic mass is 10.2. The highest BCUT2D eigenvalue weighted by molar-refractivity contribution is 9.11. The van der Waals surface area contributed by atoms with Crippen LogP contribution in [0, 0.1) is 11.3 Å². The van der Waals surface area contributed by atoms with Crippen LogP contribution in [-0.4, -0.2) is 12.5 Å². The standard InChI is InChI=1S/C15H9Br2ClN2O2/c16-11-2-1-3-12(17)15(11)22-8-14(21)20-10-5-4-9(7-19)13(18)6-10/h1-6H,8H2,(H,20,21). The van der Waals surface area contributed by atoms with Gasteiger partial charge >= 0.3 is 0 Å². The van der Waals surface area contributed by atoms with Gasteiger partial charge in [-0.15, -0.1) is 0 Å². The number of halogens is 3. The average molecular weight is 445 g/mol. The van der Waals surface area contributed by atoms with Crippen LogP contribution in [-0.2, 0) is 4.79 Å². The van der Waals surface area contributed by atoms with Crippen molar-refractivity contribution in [2.75, 3.05) is 11.9 Å². The first-order chi connectivity index (χ1) is 10.5. The summed E-state index contributed by atoms with van der Waals surface area (Å²) in [5, 5.41) is 11.7. The average Bonchev–Trinajstić information content (AvgIpc) is 2.47. The van der Waals surface area contributed by atoms with Gasteiger partial charge in [0.15, 0.2) is 6.61 Å². The molecule has 2 aromatic rings. The second kappa shape index (κ2) is 7.63. The Labute approximate surface area is 149 Å². The minimum Gasteiger partial charge on any atom is -0.481 e. The molecule has 0 atom stereocenters. The molecule has 2 rings (SSSR count). The molecule has 0 aliphatic heterocycles. The molecule has 0 unspecified atom stereocenters. The van der Waals surface area contributed by atoms with Crippen molar-refractivity contribution in [3.8, 4) is 11.8 Å². The van der Waals surface area contributed by atoms with Gasteiger partial charge in [0.05, 0.1) is 19.5 Å². The maximum Gasteiger partial charge on any atom is 0.262 e. The van der Waals surface area contributed by atoms with E-state index in [9.17, 15) is 4.79 Å². The number of nitrogens with one attached hydrogen (secondary N) is 1. The van der Waals surface area contributed by atoms with Crippen molar-refractivity contribution in [2.45, 2.75) is 0 Å². The number of ether oxygens (including phenoxy) is 1. The maximum atomic E-state index is 11.9. The molecule has 4 nitrogen and oxygen atoms in total. The predicted octanol–water partition coefficient (Wildman–Crippen LogP) is 4.75. The van der Waals surface area contributed by atoms with Crippen LogP contribution in [0.3, 0.4) is 0 Å². The summed E-state index contributed by atoms with van der Waals surface area (Å²) in [6.07, 6.45) is 0. The molecule has 2 aromatic carbocycles. The lowest BCUT2D eigenvalue weighted by molar-refractivity contribution is -0.118. The van der Waals surface area contributed by atoms with Crippen LogP contribution in [0.15, 0.2) is 45.3 Å². The van der Waals surface area contributed by atoms with Crippen molar-refractivity contribution in [2.24, 2.45) is 0 Å². The molecule has 0 spiro atoms. The van der Waals surface area contributed by atoms with Gasteiger partial charge < -0.3 is 10.1 Å². The zero-order valence-electron chi connectivity index (χ0n) is 11.1. The molecule has 0 fully saturated rings. The van der Waals surface area contributed by atoms with Gasteiger partial charge in [0.25, 0.3) is 5.91 Å². The number of carbonyl (C=O) groups is 1. The molecule has 1 amide bonds. The van der Waals surface area contributed by atoms with E-state index in [1.165, 1.54) is 6.07 Å². The van der Waals surface area contributed by atoms with Crippen molar-refractivity contribution in [3.05, 3.63) is 55.9 Å². The van der Waals surface area contributed by atoms with Gasteiger partial charge in [0, 0.05) is 5.69 Å². The normalized spacial score (nSPS) is 9.91. The van der Waals surface area contributed by atoms with E-state index in [-0.39, 0.29) is 17.5 Å². The molecule has 0 saturated carbocycles. The number of amides is 1. The fraction of sp³-hybridized carbons (Fsp3) is 0.0667. The van der Waals surface area contributed by atoms with Gasteiger partial charge in [-0.2, -0.15) is 5.26 Å². The van der Waals surface area contributed by atoms with Gasteiger partial charge in [0.1, 0.15) is 11.8 Å². The Bertz CT molecular complexity index is 739. The topological polar surface area (TPSA) is 62.1 Å². The number of para-hydroxylation sites is 1. The van der Waals surface area contributed by atoms with Crippen LogP contribution in [0.1, 0.15) is 5.56 Å². The molecule has 0 saturated heterocycles. The Morgan fingerprint density at radius 3 is 2.55 bits per heavy atom. The van der Waals surface area contributed by atoms with Crippen molar-refractivity contribution in [1.29, 1.82) is 5.26 Å². The third-order valence-corrected chi connectivity index (χ3v) is 4.20. The van der Waals surface area contributed by atoms with E-state index >= 15 is 0 Å². The Morgan fingerprint density at radius 2 is 1.95 bits per heavy atom. The van der Waals surface area contributed by atoms with Crippen LogP contribution in [0.2, 0.25) is 5.02 Å². The fourth-order valence-corrected chi connectivity index (χ4v) is 3.09. The van der Waals surface area contributed by atoms with Crippen molar-refractivity contribution in [3.63, 3.8) is 0 Å². The predicted molar refractivity (Wildman–Crippen MR) is 92.1 cm³/mol. The quantitative estimate of drug-likeness (QED) is 0.740. The number of nitrogens with zero attached hydrogens (tertiary/aromatic N) is 1. The van der Waals surface area contributed by atoms with E-state index in [0.29, 0.717) is 17.0 Å². The van der Waals surface area contributed by atoms with E-state index in [2.05, 4.69) is 37.2 Å². The molecule has 7 heteroatoms. The molecule has 112 valence electrons. The summed E-state index contributed by atoms with van der Waals surface area (Å²) in [6, 6.07) is 12.1. The third kappa shape index (κ3) is 4.23. The van der Waals surface area contributed by atoms with Gasteiger partial charge in [-0.25, -0.2) is 0 Å². The van der Waals surface area contributed by atoms with E-state index < -0.39 is 0 Å². The second-order valence-corrected chi connectivity index (χ2v) is 6.31. The highest BCUT2D eigenvalue weighted by atomic mass is 79.9. The molecular formula is C15H9Br2ClN2O2. The molecule has 0 aliphatic rings. The molecule has 0 aromatic heterocycles. The third-order valence-electron chi connectivity index (χ3n) is 2.64. The summed E-state index contributed by atoms with van der Waals surface area (Å²) < 4.78 is 6.98. The number of carbonyl (C=O) groups excluding carboxylic acids is 1. The Morgan fingerprint density at radius 1 is 1.27 bits per heavy atom. The summed E-state index contributed by atoms with van der Waals surface area (Å²) in [7, 11) is 0. The zero-order chi connectivity index (χ0) is 16.1. The van der Waals surface area contributed by atoms with E-state index in [0.717, 1.165) is 8.95 Å². The first kappa shape index (κ1) is 16.8. The van der Waals surface area contributed by atoms with E-state index in [4.69, 9.17) is 21.6 Å². The summed E-state index contributed by atoms with van der Waals surface area (Å²) in [5.74, 6) is 0.221. The smallest absolute Gasteiger partial charge is 0.262 e. The number of rotatable bonds is 4. The molecule has 0 radical (unpaired) electrons. The number of hydrogen-bond acceptors (Lipinski definition) is 3. The monoisotopic (exact) mass is 442 g/mol. The van der Waals surface area contributed by atoms with E-state index in [1.807, 2.05) is 24.3 Å². The van der Waals surface area contributed by atoms with Crippen molar-refractivity contribution >= 4 is 55.1 Å². The second-order valence-electron chi connectivity index (χ2n) is 4.19. The minimum atomic E-state index is -0.330. The molecular weight excluding hydrogens is 435 g/mol. The Hall–Kier alpha value is -1.55. The Kier molecular flexibility index (Phi) is 5.83. The van der Waals surface area contributed by atoms with Gasteiger partial charge in [-0.3, -0.25) is 4.79 Å². The molecule has 0 heterocycles. The zero-order valence-corrected chi connectivity index (χ0v) is 15.0. The number of anilines is 1. The fourth-order valence-electron chi connectivity index (χ4n) is 1.64. The SMILES string of the molecule is N#Cc1ccc(NC(=O)COc2c(Br)cccc2Br)cc1Cl. The molecule has 22 heavy (non-hydrogen) atoms. The van der Waals surface area contributed by atoms with Crippen LogP contribution >= 0.6 is 43.5 Å². The molecule has 0 bridgehead atoms. The van der Waals surface area contributed by atoms with Gasteiger partial charge in [-0.05, 0) is 62.2 Å². The number of hydrogen-bond donors (Lipinski definition) is 1. The van der Waals surface area contributed by atoms with E-state index in [1.54, 1.807) is 12.1 Å². The van der Waals surface area contributed by atoms with Crippen molar-refractivity contribution in [1.82, 2.24) is 0 Å². The molecule has 1 N–H and O–H groups in total. The number of benzene rings is 2. The van der Waals surface area contributed by atoms with Crippen LogP contribution < -0.4 is 10.1 Å². The summed E-state index contributed by atoms with van der Waals surface area (Å²) >= 11 is 12.6.